The minimum atomic E-state index is -1.98. The molecule has 0 aromatic rings. The van der Waals surface area contributed by atoms with Crippen LogP contribution in [0.1, 0.15) is 245 Å². The van der Waals surface area contributed by atoms with E-state index in [1.54, 1.807) is 6.08 Å². The minimum Gasteiger partial charge on any atom is -0.394 e. The Morgan fingerprint density at radius 3 is 1.20 bits per heavy atom. The average molecular weight is 1270 g/mol. The molecule has 89 heavy (non-hydrogen) atoms. The van der Waals surface area contributed by atoms with E-state index in [1.807, 2.05) is 6.08 Å². The lowest BCUT2D eigenvalue weighted by Gasteiger charge is -2.48. The molecule has 0 radical (unpaired) electrons. The monoisotopic (exact) mass is 1270 g/mol. The lowest BCUT2D eigenvalue weighted by Crippen LogP contribution is -2.66. The lowest BCUT2D eigenvalue weighted by molar-refractivity contribution is -0.379. The van der Waals surface area contributed by atoms with Gasteiger partial charge in [0.15, 0.2) is 18.9 Å². The summed E-state index contributed by atoms with van der Waals surface area (Å²) in [7, 11) is 0. The first-order valence-corrected chi connectivity index (χ1v) is 35.0. The molecule has 0 saturated carbocycles. The fourth-order valence-electron chi connectivity index (χ4n) is 11.6. The van der Waals surface area contributed by atoms with Gasteiger partial charge in [0.05, 0.1) is 38.6 Å². The van der Waals surface area contributed by atoms with Crippen LogP contribution in [0, 0.1) is 0 Å². The van der Waals surface area contributed by atoms with E-state index < -0.39 is 124 Å². The quantitative estimate of drug-likeness (QED) is 0.0199. The van der Waals surface area contributed by atoms with Gasteiger partial charge in [0.1, 0.15) is 73.2 Å². The molecule has 17 unspecified atom stereocenters. The number of aliphatic hydroxyl groups is 11. The lowest BCUT2D eigenvalue weighted by atomic mass is 9.96. The van der Waals surface area contributed by atoms with Crippen molar-refractivity contribution in [2.45, 2.75) is 349 Å². The van der Waals surface area contributed by atoms with Crippen molar-refractivity contribution in [1.82, 2.24) is 5.32 Å². The highest BCUT2D eigenvalue weighted by Gasteiger charge is 2.53. The first kappa shape index (κ1) is 80.7. The van der Waals surface area contributed by atoms with Crippen LogP contribution in [-0.2, 0) is 33.2 Å². The van der Waals surface area contributed by atoms with Gasteiger partial charge in [-0.3, -0.25) is 4.79 Å². The second kappa shape index (κ2) is 51.8. The normalized spacial score (nSPS) is 28.6. The van der Waals surface area contributed by atoms with Crippen molar-refractivity contribution in [3.8, 4) is 0 Å². The number of nitrogens with one attached hydrogen (secondary N) is 1. The van der Waals surface area contributed by atoms with Gasteiger partial charge < -0.3 is 89.9 Å². The van der Waals surface area contributed by atoms with Crippen LogP contribution in [0.5, 0.6) is 0 Å². The second-order valence-corrected chi connectivity index (χ2v) is 25.0. The number of unbranched alkanes of at least 4 members (excludes halogenated alkanes) is 29. The Balaban J connectivity index is 1.45. The van der Waals surface area contributed by atoms with Crippen LogP contribution in [-0.4, -0.2) is 193 Å². The molecule has 518 valence electrons. The summed E-state index contributed by atoms with van der Waals surface area (Å²) in [5, 5.41) is 120. The van der Waals surface area contributed by atoms with Gasteiger partial charge in [-0.25, -0.2) is 0 Å². The summed E-state index contributed by atoms with van der Waals surface area (Å²) in [5.41, 5.74) is 0. The highest BCUT2D eigenvalue weighted by Crippen LogP contribution is 2.33. The summed E-state index contributed by atoms with van der Waals surface area (Å²) < 4.78 is 34.3. The molecule has 3 fully saturated rings. The number of amides is 1. The van der Waals surface area contributed by atoms with E-state index in [0.717, 1.165) is 64.2 Å². The van der Waals surface area contributed by atoms with E-state index in [9.17, 15) is 61.0 Å². The van der Waals surface area contributed by atoms with Gasteiger partial charge in [0.25, 0.3) is 0 Å². The summed E-state index contributed by atoms with van der Waals surface area (Å²) in [6.07, 6.45) is 36.2. The van der Waals surface area contributed by atoms with Crippen molar-refractivity contribution in [2.75, 3.05) is 26.4 Å². The van der Waals surface area contributed by atoms with E-state index in [-0.39, 0.29) is 18.9 Å². The largest absolute Gasteiger partial charge is 0.394 e. The summed E-state index contributed by atoms with van der Waals surface area (Å²) >= 11 is 0. The number of aliphatic hydroxyl groups excluding tert-OH is 11. The number of hydrogen-bond donors (Lipinski definition) is 12. The summed E-state index contributed by atoms with van der Waals surface area (Å²) in [5.74, 6) is -0.290. The fourth-order valence-corrected chi connectivity index (χ4v) is 11.6. The average Bonchev–Trinajstić information content (AvgIpc) is 2.44. The van der Waals surface area contributed by atoms with Crippen molar-refractivity contribution in [1.29, 1.82) is 0 Å². The van der Waals surface area contributed by atoms with Crippen LogP contribution in [0.4, 0.5) is 0 Å². The summed E-state index contributed by atoms with van der Waals surface area (Å²) in [4.78, 5) is 13.4. The summed E-state index contributed by atoms with van der Waals surface area (Å²) in [6.45, 7) is 1.71. The second-order valence-electron chi connectivity index (χ2n) is 25.0. The Bertz CT molecular complexity index is 1850. The maximum absolute atomic E-state index is 13.4. The van der Waals surface area contributed by atoms with E-state index in [0.29, 0.717) is 12.8 Å². The van der Waals surface area contributed by atoms with Crippen LogP contribution < -0.4 is 5.32 Å². The number of rotatable bonds is 53. The molecule has 19 heteroatoms. The van der Waals surface area contributed by atoms with Crippen molar-refractivity contribution in [2.24, 2.45) is 0 Å². The molecular formula is C70H125NO18. The Hall–Kier alpha value is -2.51. The third kappa shape index (κ3) is 33.9. The van der Waals surface area contributed by atoms with E-state index in [2.05, 4.69) is 67.8 Å². The standard InChI is InChI=1S/C70H125NO18/c1-3-5-7-9-11-13-15-17-19-21-23-24-25-26-27-28-30-32-34-36-38-40-42-44-46-48-58(76)71-53(54(75)47-45-43-41-39-37-35-33-31-29-22-20-18-16-14-12-10-8-6-4-2)52-84-68-64(82)61(79)66(56(50-73)86-68)89-70-65(83)62(80)67(57(51-74)87-70)88-69-63(81)60(78)59(77)55(49-72)85-69/h15,17,21,23,25-26,37,39,45,47,53-57,59-70,72-75,77-83H,3-14,16,18-20,22,24,27-36,38,40-44,46,48-52H2,1-2H3,(H,71,76)/b17-15-,23-21-,26-25-,39-37+,47-45+. The number of carbonyl (C=O) groups is 1. The number of allylic oxidation sites excluding steroid dienone is 9. The molecule has 0 spiro atoms. The molecule has 0 bridgehead atoms. The first-order valence-electron chi connectivity index (χ1n) is 35.0. The van der Waals surface area contributed by atoms with Crippen molar-refractivity contribution >= 4 is 5.91 Å². The minimum absolute atomic E-state index is 0.229. The van der Waals surface area contributed by atoms with Crippen LogP contribution in [0.25, 0.3) is 0 Å². The predicted octanol–water partition coefficient (Wildman–Crippen LogP) is 9.16. The molecule has 0 aromatic carbocycles. The van der Waals surface area contributed by atoms with E-state index in [1.165, 1.54) is 148 Å². The van der Waals surface area contributed by atoms with Gasteiger partial charge in [0.2, 0.25) is 5.91 Å². The van der Waals surface area contributed by atoms with Gasteiger partial charge in [0, 0.05) is 6.42 Å². The van der Waals surface area contributed by atoms with Gasteiger partial charge in [-0.05, 0) is 70.6 Å². The zero-order valence-corrected chi connectivity index (χ0v) is 54.6. The highest BCUT2D eigenvalue weighted by atomic mass is 16.8. The van der Waals surface area contributed by atoms with Gasteiger partial charge in [-0.2, -0.15) is 0 Å². The van der Waals surface area contributed by atoms with Crippen LogP contribution in [0.15, 0.2) is 60.8 Å². The Morgan fingerprint density at radius 2 is 0.753 bits per heavy atom. The number of hydrogen-bond acceptors (Lipinski definition) is 18. The van der Waals surface area contributed by atoms with Crippen LogP contribution in [0.3, 0.4) is 0 Å². The highest BCUT2D eigenvalue weighted by molar-refractivity contribution is 5.76. The molecule has 3 rings (SSSR count). The Labute approximate surface area is 535 Å². The molecule has 3 heterocycles. The van der Waals surface area contributed by atoms with Crippen LogP contribution in [0.2, 0.25) is 0 Å². The number of carbonyl (C=O) groups excluding carboxylic acids is 1. The molecule has 17 atom stereocenters. The van der Waals surface area contributed by atoms with Gasteiger partial charge in [-0.1, -0.05) is 229 Å². The Kier molecular flexibility index (Phi) is 47.0. The molecule has 0 aromatic heterocycles. The van der Waals surface area contributed by atoms with Gasteiger partial charge >= 0.3 is 0 Å². The molecule has 12 N–H and O–H groups in total. The predicted molar refractivity (Wildman–Crippen MR) is 346 cm³/mol. The SMILES string of the molecule is CCCCCCC/C=C\C/C=C\C/C=C\CCCCCCCCCCCCC(=O)NC(COC1OC(CO)C(OC2OC(CO)C(OC3OC(CO)C(O)C(O)C3O)C(O)C2O)C(O)C1O)C(O)/C=C/CC/C=C/CCCCCCCCCCCCCCC. The van der Waals surface area contributed by atoms with Crippen molar-refractivity contribution in [3.05, 3.63) is 60.8 Å². The van der Waals surface area contributed by atoms with E-state index in [4.69, 9.17) is 28.4 Å². The topological polar surface area (TPSA) is 307 Å². The molecule has 0 aliphatic carbocycles. The van der Waals surface area contributed by atoms with Crippen LogP contribution >= 0.6 is 0 Å². The molecule has 3 aliphatic rings. The zero-order chi connectivity index (χ0) is 64.7. The molecular weight excluding hydrogens is 1140 g/mol. The molecule has 3 saturated heterocycles. The van der Waals surface area contributed by atoms with E-state index >= 15 is 0 Å². The number of ether oxygens (including phenoxy) is 6. The molecule has 3 aliphatic heterocycles. The fraction of sp³-hybridized carbons (Fsp3) is 0.843. The zero-order valence-electron chi connectivity index (χ0n) is 54.6. The van der Waals surface area contributed by atoms with Gasteiger partial charge in [-0.15, -0.1) is 0 Å². The third-order valence-corrected chi connectivity index (χ3v) is 17.3. The molecule has 1 amide bonds. The van der Waals surface area contributed by atoms with Crippen molar-refractivity contribution in [3.63, 3.8) is 0 Å². The first-order chi connectivity index (χ1) is 43.3. The third-order valence-electron chi connectivity index (χ3n) is 17.3. The summed E-state index contributed by atoms with van der Waals surface area (Å²) in [6, 6.07) is -0.995. The Morgan fingerprint density at radius 1 is 0.404 bits per heavy atom. The maximum atomic E-state index is 13.4. The maximum Gasteiger partial charge on any atom is 0.220 e. The molecule has 19 nitrogen and oxygen atoms in total. The van der Waals surface area contributed by atoms with Crippen molar-refractivity contribution < 1.29 is 89.4 Å². The smallest absolute Gasteiger partial charge is 0.220 e.